The quantitative estimate of drug-likeness (QED) is 0.641. The van der Waals surface area contributed by atoms with Crippen LogP contribution in [0.2, 0.25) is 0 Å². The number of anilines is 1. The molecule has 0 heterocycles. The molecular formula is C11H11F6NO. The van der Waals surface area contributed by atoms with Gasteiger partial charge < -0.3 is 10.5 Å². The van der Waals surface area contributed by atoms with Crippen LogP contribution in [0.15, 0.2) is 24.3 Å². The molecule has 0 fully saturated rings. The van der Waals surface area contributed by atoms with Gasteiger partial charge in [0, 0.05) is 5.69 Å². The second kappa shape index (κ2) is 5.58. The third-order valence-corrected chi connectivity index (χ3v) is 2.33. The number of nitrogen functional groups attached to an aromatic ring is 1. The lowest BCUT2D eigenvalue weighted by Crippen LogP contribution is -2.47. The zero-order valence-electron chi connectivity index (χ0n) is 9.55. The lowest BCUT2D eigenvalue weighted by Gasteiger charge is -2.25. The van der Waals surface area contributed by atoms with E-state index >= 15 is 0 Å². The van der Waals surface area contributed by atoms with Gasteiger partial charge in [-0.2, -0.15) is 17.6 Å². The number of ether oxygens (including phenoxy) is 1. The summed E-state index contributed by atoms with van der Waals surface area (Å²) in [6.07, 6.45) is -5.95. The van der Waals surface area contributed by atoms with Crippen LogP contribution in [0.4, 0.5) is 32.0 Å². The predicted molar refractivity (Wildman–Crippen MR) is 56.9 cm³/mol. The Morgan fingerprint density at radius 3 is 2.05 bits per heavy atom. The van der Waals surface area contributed by atoms with E-state index in [2.05, 4.69) is 0 Å². The van der Waals surface area contributed by atoms with Gasteiger partial charge in [0.15, 0.2) is 0 Å². The fraction of sp³-hybridized carbons (Fsp3) is 0.455. The summed E-state index contributed by atoms with van der Waals surface area (Å²) in [5.41, 5.74) is 5.76. The van der Waals surface area contributed by atoms with Crippen molar-refractivity contribution >= 4 is 5.69 Å². The number of hydrogen-bond acceptors (Lipinski definition) is 2. The minimum absolute atomic E-state index is 0.130. The smallest absolute Gasteiger partial charge is 0.369 e. The standard InChI is InChI=1S/C11H11F6NO/c12-9(13)11(16,17)10(14,15)5-6-19-8-3-1-7(18)2-4-8/h1-4,9H,5-6,18H2. The SMILES string of the molecule is Nc1ccc(OCCC(F)(F)C(F)(F)C(F)F)cc1. The van der Waals surface area contributed by atoms with Gasteiger partial charge in [-0.25, -0.2) is 8.78 Å². The molecular weight excluding hydrogens is 276 g/mol. The molecule has 1 aromatic rings. The van der Waals surface area contributed by atoms with Crippen molar-refractivity contribution in [1.29, 1.82) is 0 Å². The Labute approximate surface area is 105 Å². The summed E-state index contributed by atoms with van der Waals surface area (Å²) in [5, 5.41) is 0. The average molecular weight is 287 g/mol. The third kappa shape index (κ3) is 3.68. The molecule has 2 N–H and O–H groups in total. The van der Waals surface area contributed by atoms with Crippen LogP contribution in [0.5, 0.6) is 5.75 Å². The van der Waals surface area contributed by atoms with E-state index in [1.165, 1.54) is 24.3 Å². The van der Waals surface area contributed by atoms with Gasteiger partial charge in [-0.15, -0.1) is 0 Å². The summed E-state index contributed by atoms with van der Waals surface area (Å²) < 4.78 is 79.2. The predicted octanol–water partition coefficient (Wildman–Crippen LogP) is 3.57. The molecule has 0 radical (unpaired) electrons. The van der Waals surface area contributed by atoms with Crippen molar-refractivity contribution in [2.24, 2.45) is 0 Å². The minimum Gasteiger partial charge on any atom is -0.493 e. The zero-order valence-corrected chi connectivity index (χ0v) is 9.55. The van der Waals surface area contributed by atoms with E-state index in [1.54, 1.807) is 0 Å². The Morgan fingerprint density at radius 1 is 1.05 bits per heavy atom. The highest BCUT2D eigenvalue weighted by molar-refractivity contribution is 5.41. The second-order valence-corrected chi connectivity index (χ2v) is 3.80. The fourth-order valence-electron chi connectivity index (χ4n) is 1.19. The molecule has 0 bridgehead atoms. The maximum atomic E-state index is 12.9. The van der Waals surface area contributed by atoms with Crippen molar-refractivity contribution in [2.45, 2.75) is 24.7 Å². The molecule has 8 heteroatoms. The average Bonchev–Trinajstić information content (AvgIpc) is 2.31. The highest BCUT2D eigenvalue weighted by Crippen LogP contribution is 2.41. The Hall–Kier alpha value is -1.60. The topological polar surface area (TPSA) is 35.2 Å². The number of benzene rings is 1. The van der Waals surface area contributed by atoms with Crippen LogP contribution in [0, 0.1) is 0 Å². The summed E-state index contributed by atoms with van der Waals surface area (Å²) in [4.78, 5) is 0. The van der Waals surface area contributed by atoms with E-state index in [9.17, 15) is 26.3 Å². The number of halogens is 6. The largest absolute Gasteiger partial charge is 0.493 e. The van der Waals surface area contributed by atoms with Crippen molar-refractivity contribution in [2.75, 3.05) is 12.3 Å². The zero-order chi connectivity index (χ0) is 14.7. The highest BCUT2D eigenvalue weighted by Gasteiger charge is 2.62. The van der Waals surface area contributed by atoms with Crippen LogP contribution in [-0.4, -0.2) is 24.9 Å². The Morgan fingerprint density at radius 2 is 1.58 bits per heavy atom. The molecule has 108 valence electrons. The third-order valence-electron chi connectivity index (χ3n) is 2.33. The summed E-state index contributed by atoms with van der Waals surface area (Å²) in [7, 11) is 0. The van der Waals surface area contributed by atoms with Gasteiger partial charge >= 0.3 is 18.3 Å². The summed E-state index contributed by atoms with van der Waals surface area (Å²) >= 11 is 0. The van der Waals surface area contributed by atoms with Crippen LogP contribution < -0.4 is 10.5 Å². The van der Waals surface area contributed by atoms with Crippen molar-refractivity contribution in [1.82, 2.24) is 0 Å². The van der Waals surface area contributed by atoms with Gasteiger partial charge in [0.2, 0.25) is 0 Å². The van der Waals surface area contributed by atoms with Gasteiger partial charge in [0.1, 0.15) is 5.75 Å². The van der Waals surface area contributed by atoms with Gasteiger partial charge in [0.05, 0.1) is 13.0 Å². The van der Waals surface area contributed by atoms with Crippen LogP contribution in [0.3, 0.4) is 0 Å². The first-order chi connectivity index (χ1) is 8.67. The molecule has 0 saturated heterocycles. The van der Waals surface area contributed by atoms with E-state index < -0.39 is 31.3 Å². The van der Waals surface area contributed by atoms with Crippen LogP contribution in [0.25, 0.3) is 0 Å². The number of hydrogen-bond donors (Lipinski definition) is 1. The molecule has 19 heavy (non-hydrogen) atoms. The van der Waals surface area contributed by atoms with Gasteiger partial charge in [-0.3, -0.25) is 0 Å². The van der Waals surface area contributed by atoms with Crippen molar-refractivity contribution < 1.29 is 31.1 Å². The fourth-order valence-corrected chi connectivity index (χ4v) is 1.19. The maximum Gasteiger partial charge on any atom is 0.369 e. The Balaban J connectivity index is 2.54. The molecule has 0 atom stereocenters. The second-order valence-electron chi connectivity index (χ2n) is 3.80. The van der Waals surface area contributed by atoms with Crippen LogP contribution in [-0.2, 0) is 0 Å². The summed E-state index contributed by atoms with van der Waals surface area (Å²) in [6, 6.07) is 5.53. The molecule has 2 nitrogen and oxygen atoms in total. The molecule has 0 aromatic heterocycles. The molecule has 1 aromatic carbocycles. The lowest BCUT2D eigenvalue weighted by atomic mass is 10.1. The number of alkyl halides is 6. The van der Waals surface area contributed by atoms with Crippen molar-refractivity contribution in [3.05, 3.63) is 24.3 Å². The van der Waals surface area contributed by atoms with E-state index in [4.69, 9.17) is 10.5 Å². The maximum absolute atomic E-state index is 12.9. The van der Waals surface area contributed by atoms with E-state index in [-0.39, 0.29) is 5.75 Å². The molecule has 0 aliphatic rings. The first kappa shape index (κ1) is 15.5. The first-order valence-corrected chi connectivity index (χ1v) is 5.19. The van der Waals surface area contributed by atoms with E-state index in [0.29, 0.717) is 5.69 Å². The molecule has 0 aliphatic carbocycles. The molecule has 0 saturated carbocycles. The molecule has 1 rings (SSSR count). The molecule has 0 aliphatic heterocycles. The van der Waals surface area contributed by atoms with Gasteiger partial charge in [-0.05, 0) is 24.3 Å². The Bertz CT molecular complexity index is 406. The van der Waals surface area contributed by atoms with Crippen molar-refractivity contribution in [3.63, 3.8) is 0 Å². The number of nitrogens with two attached hydrogens (primary N) is 1. The van der Waals surface area contributed by atoms with E-state index in [1.807, 2.05) is 0 Å². The van der Waals surface area contributed by atoms with Crippen LogP contribution >= 0.6 is 0 Å². The normalized spacial score (nSPS) is 12.8. The lowest BCUT2D eigenvalue weighted by molar-refractivity contribution is -0.267. The highest BCUT2D eigenvalue weighted by atomic mass is 19.3. The minimum atomic E-state index is -5.38. The molecule has 0 unspecified atom stereocenters. The van der Waals surface area contributed by atoms with Gasteiger partial charge in [0.25, 0.3) is 0 Å². The van der Waals surface area contributed by atoms with Crippen LogP contribution in [0.1, 0.15) is 6.42 Å². The van der Waals surface area contributed by atoms with Gasteiger partial charge in [-0.1, -0.05) is 0 Å². The summed E-state index contributed by atoms with van der Waals surface area (Å²) in [5.74, 6) is -10.1. The van der Waals surface area contributed by atoms with Crippen molar-refractivity contribution in [3.8, 4) is 5.75 Å². The Kier molecular flexibility index (Phi) is 4.54. The first-order valence-electron chi connectivity index (χ1n) is 5.19. The molecule has 0 amide bonds. The molecule has 0 spiro atoms. The van der Waals surface area contributed by atoms with E-state index in [0.717, 1.165) is 0 Å². The monoisotopic (exact) mass is 287 g/mol. The summed E-state index contributed by atoms with van der Waals surface area (Å²) in [6.45, 7) is -0.820. The number of rotatable bonds is 6.